The number of halogens is 5. The van der Waals surface area contributed by atoms with Crippen LogP contribution in [0.1, 0.15) is 38.5 Å². The molecule has 1 aliphatic heterocycles. The van der Waals surface area contributed by atoms with Crippen LogP contribution >= 0.6 is 0 Å². The second-order valence-electron chi connectivity index (χ2n) is 9.24. The first kappa shape index (κ1) is 26.5. The molecule has 7 atom stereocenters. The minimum absolute atomic E-state index is 0.137. The van der Waals surface area contributed by atoms with E-state index in [0.29, 0.717) is 12.8 Å². The molecule has 17 heteroatoms. The molecular weight excluding hydrogens is 535 g/mol. The molecule has 1 saturated heterocycles. The van der Waals surface area contributed by atoms with Crippen molar-refractivity contribution in [2.24, 2.45) is 23.7 Å². The van der Waals surface area contributed by atoms with Gasteiger partial charge in [0.15, 0.2) is 0 Å². The lowest BCUT2D eigenvalue weighted by atomic mass is 9.84. The third-order valence-electron chi connectivity index (χ3n) is 7.17. The first-order valence-corrected chi connectivity index (χ1v) is 13.6. The Morgan fingerprint density at radius 1 is 1.00 bits per heavy atom. The van der Waals surface area contributed by atoms with E-state index >= 15 is 0 Å². The maximum absolute atomic E-state index is 13.9. The molecule has 1 heterocycles. The SMILES string of the molecule is O=C(OC1C2CC3C1OS(=O)(=O)C3C2C(=O)OC(C(F)(F)F)C(F)(F)S(=O)(=O)O)C1CCCCC1. The second-order valence-corrected chi connectivity index (χ2v) is 12.5. The molecule has 2 bridgehead atoms. The molecule has 4 aliphatic rings. The predicted octanol–water partition coefficient (Wildman–Crippen LogP) is 1.80. The number of carbonyl (C=O) groups excluding carboxylic acids is 2. The summed E-state index contributed by atoms with van der Waals surface area (Å²) in [6.07, 6.45) is -10.0. The average molecular weight is 556 g/mol. The Labute approximate surface area is 196 Å². The van der Waals surface area contributed by atoms with E-state index in [2.05, 4.69) is 4.74 Å². The van der Waals surface area contributed by atoms with Crippen molar-refractivity contribution in [3.8, 4) is 0 Å². The maximum atomic E-state index is 13.9. The van der Waals surface area contributed by atoms with Gasteiger partial charge >= 0.3 is 33.5 Å². The van der Waals surface area contributed by atoms with Crippen molar-refractivity contribution in [2.75, 3.05) is 0 Å². The van der Waals surface area contributed by atoms with Gasteiger partial charge in [-0.3, -0.25) is 18.3 Å². The number of fused-ring (bicyclic) bond motifs is 1. The number of alkyl halides is 5. The van der Waals surface area contributed by atoms with Crippen molar-refractivity contribution in [3.05, 3.63) is 0 Å². The predicted molar refractivity (Wildman–Crippen MR) is 102 cm³/mol. The van der Waals surface area contributed by atoms with Gasteiger partial charge in [-0.1, -0.05) is 19.3 Å². The lowest BCUT2D eigenvalue weighted by molar-refractivity contribution is -0.261. The highest BCUT2D eigenvalue weighted by atomic mass is 32.2. The van der Waals surface area contributed by atoms with E-state index in [1.165, 1.54) is 0 Å². The zero-order chi connectivity index (χ0) is 26.1. The van der Waals surface area contributed by atoms with Gasteiger partial charge in [0.1, 0.15) is 17.5 Å². The second kappa shape index (κ2) is 8.48. The Kier molecular flexibility index (Phi) is 6.41. The zero-order valence-electron chi connectivity index (χ0n) is 17.7. The van der Waals surface area contributed by atoms with Crippen molar-refractivity contribution in [1.29, 1.82) is 0 Å². The Bertz CT molecular complexity index is 1100. The van der Waals surface area contributed by atoms with Gasteiger partial charge in [0.2, 0.25) is 0 Å². The van der Waals surface area contributed by atoms with E-state index in [0.717, 1.165) is 19.3 Å². The van der Waals surface area contributed by atoms with Gasteiger partial charge in [-0.2, -0.15) is 38.8 Å². The Hall–Kier alpha value is -1.59. The summed E-state index contributed by atoms with van der Waals surface area (Å²) in [5.41, 5.74) is 0. The molecule has 0 aromatic rings. The fraction of sp³-hybridized carbons (Fsp3) is 0.889. The summed E-state index contributed by atoms with van der Waals surface area (Å²) in [4.78, 5) is 25.3. The number of carbonyl (C=O) groups is 2. The van der Waals surface area contributed by atoms with Crippen LogP contribution < -0.4 is 0 Å². The van der Waals surface area contributed by atoms with E-state index in [1.807, 2.05) is 0 Å². The average Bonchev–Trinajstić information content (AvgIpc) is 3.33. The van der Waals surface area contributed by atoms with Crippen molar-refractivity contribution >= 4 is 32.2 Å². The van der Waals surface area contributed by atoms with Gasteiger partial charge in [-0.25, -0.2) is 0 Å². The number of esters is 2. The van der Waals surface area contributed by atoms with Crippen LogP contribution in [0.3, 0.4) is 0 Å². The van der Waals surface area contributed by atoms with Crippen LogP contribution in [-0.4, -0.2) is 68.3 Å². The smallest absolute Gasteiger partial charge is 0.432 e. The molecule has 10 nitrogen and oxygen atoms in total. The molecule has 3 aliphatic carbocycles. The molecule has 7 unspecified atom stereocenters. The van der Waals surface area contributed by atoms with Gasteiger partial charge in [-0.15, -0.1) is 0 Å². The van der Waals surface area contributed by atoms with Gasteiger partial charge < -0.3 is 9.47 Å². The highest BCUT2D eigenvalue weighted by Gasteiger charge is 2.73. The van der Waals surface area contributed by atoms with Crippen LogP contribution in [0.25, 0.3) is 0 Å². The van der Waals surface area contributed by atoms with Gasteiger partial charge in [-0.05, 0) is 19.3 Å². The Balaban J connectivity index is 1.61. The molecular formula is C18H21F5O10S2. The van der Waals surface area contributed by atoms with Crippen LogP contribution in [0, 0.1) is 23.7 Å². The van der Waals surface area contributed by atoms with Crippen LogP contribution in [0.5, 0.6) is 0 Å². The molecule has 4 rings (SSSR count). The summed E-state index contributed by atoms with van der Waals surface area (Å²) in [7, 11) is -11.3. The zero-order valence-corrected chi connectivity index (χ0v) is 19.3. The number of ether oxygens (including phenoxy) is 2. The lowest BCUT2D eigenvalue weighted by Crippen LogP contribution is -2.54. The molecule has 0 aromatic carbocycles. The summed E-state index contributed by atoms with van der Waals surface area (Å²) < 4.78 is 137. The molecule has 3 saturated carbocycles. The van der Waals surface area contributed by atoms with Crippen molar-refractivity contribution in [2.45, 2.75) is 73.5 Å². The molecule has 0 spiro atoms. The molecule has 1 N–H and O–H groups in total. The van der Waals surface area contributed by atoms with E-state index in [4.69, 9.17) is 13.5 Å². The highest BCUT2D eigenvalue weighted by molar-refractivity contribution is 7.87. The van der Waals surface area contributed by atoms with Crippen molar-refractivity contribution in [3.63, 3.8) is 0 Å². The number of rotatable bonds is 6. The van der Waals surface area contributed by atoms with Gasteiger partial charge in [0, 0.05) is 11.8 Å². The van der Waals surface area contributed by atoms with E-state index in [9.17, 15) is 48.4 Å². The number of hydrogen-bond donors (Lipinski definition) is 1. The lowest BCUT2D eigenvalue weighted by Gasteiger charge is -2.33. The minimum Gasteiger partial charge on any atom is -0.459 e. The van der Waals surface area contributed by atoms with Crippen LogP contribution in [0.4, 0.5) is 22.0 Å². The quantitative estimate of drug-likeness (QED) is 0.222. The normalized spacial score (nSPS) is 35.6. The topological polar surface area (TPSA) is 150 Å². The summed E-state index contributed by atoms with van der Waals surface area (Å²) in [5.74, 6) is -7.46. The molecule has 200 valence electrons. The number of hydrogen-bond acceptors (Lipinski definition) is 9. The van der Waals surface area contributed by atoms with Crippen molar-refractivity contribution in [1.82, 2.24) is 0 Å². The van der Waals surface area contributed by atoms with E-state index in [1.54, 1.807) is 0 Å². The molecule has 0 radical (unpaired) electrons. The summed E-state index contributed by atoms with van der Waals surface area (Å²) in [5, 5.41) is -7.72. The molecule has 35 heavy (non-hydrogen) atoms. The maximum Gasteiger partial charge on any atom is 0.432 e. The van der Waals surface area contributed by atoms with E-state index in [-0.39, 0.29) is 6.42 Å². The van der Waals surface area contributed by atoms with Crippen LogP contribution in [-0.2, 0) is 43.5 Å². The third-order valence-corrected chi connectivity index (χ3v) is 9.87. The molecule has 0 aromatic heterocycles. The summed E-state index contributed by atoms with van der Waals surface area (Å²) in [6, 6.07) is 0. The third kappa shape index (κ3) is 4.41. The largest absolute Gasteiger partial charge is 0.459 e. The fourth-order valence-corrected chi connectivity index (χ4v) is 8.19. The standard InChI is InChI=1S/C18H21F5O10S2/c19-17(20,21)16(18(22,23)35(28,29)30)32-15(25)10-8-6-9-12(33-34(26,27)13(9)10)11(8)31-14(24)7-4-2-1-3-5-7/h7-13,16H,1-6H2,(H,28,29,30). The van der Waals surface area contributed by atoms with E-state index < -0.39 is 90.8 Å². The monoisotopic (exact) mass is 556 g/mol. The van der Waals surface area contributed by atoms with Crippen LogP contribution in [0.2, 0.25) is 0 Å². The van der Waals surface area contributed by atoms with Crippen LogP contribution in [0.15, 0.2) is 0 Å². The minimum atomic E-state index is -6.68. The molecule has 4 fully saturated rings. The highest BCUT2D eigenvalue weighted by Crippen LogP contribution is 2.59. The summed E-state index contributed by atoms with van der Waals surface area (Å²) >= 11 is 0. The molecule has 0 amide bonds. The van der Waals surface area contributed by atoms with Gasteiger partial charge in [0.25, 0.3) is 16.2 Å². The first-order valence-electron chi connectivity index (χ1n) is 10.7. The Morgan fingerprint density at radius 2 is 1.60 bits per heavy atom. The fourth-order valence-electron chi connectivity index (χ4n) is 5.68. The first-order chi connectivity index (χ1) is 16.0. The van der Waals surface area contributed by atoms with Crippen molar-refractivity contribution < 1.29 is 66.6 Å². The van der Waals surface area contributed by atoms with Gasteiger partial charge in [0.05, 0.1) is 11.8 Å². The summed E-state index contributed by atoms with van der Waals surface area (Å²) in [6.45, 7) is 0. The Morgan fingerprint density at radius 3 is 2.14 bits per heavy atom.